The van der Waals surface area contributed by atoms with E-state index in [1.807, 2.05) is 6.07 Å². The highest BCUT2D eigenvalue weighted by atomic mass is 16.5. The number of rotatable bonds is 2. The van der Waals surface area contributed by atoms with E-state index in [1.165, 1.54) is 11.4 Å². The lowest BCUT2D eigenvalue weighted by atomic mass is 10.2. The second-order valence-electron chi connectivity index (χ2n) is 4.35. The number of ether oxygens (including phenoxy) is 1. The molecule has 2 radical (unpaired) electrons. The van der Waals surface area contributed by atoms with Gasteiger partial charge in [0.25, 0.3) is 0 Å². The smallest absolute Gasteiger partial charge is 0.121 e. The van der Waals surface area contributed by atoms with E-state index in [4.69, 9.17) is 11.7 Å². The van der Waals surface area contributed by atoms with E-state index < -0.39 is 0 Å². The number of anilines is 2. The van der Waals surface area contributed by atoms with Crippen molar-refractivity contribution < 1.29 is 4.74 Å². The van der Waals surface area contributed by atoms with Crippen LogP contribution in [-0.2, 0) is 0 Å². The second kappa shape index (κ2) is 3.69. The van der Waals surface area contributed by atoms with Gasteiger partial charge >= 0.3 is 0 Å². The van der Waals surface area contributed by atoms with E-state index in [0.717, 1.165) is 36.7 Å². The molecule has 0 atom stereocenters. The van der Waals surface area contributed by atoms with Gasteiger partial charge in [-0.3, -0.25) is 0 Å². The highest BCUT2D eigenvalue weighted by Gasteiger charge is 2.35. The monoisotopic (exact) mass is 228 g/mol. The van der Waals surface area contributed by atoms with Gasteiger partial charge in [0, 0.05) is 19.2 Å². The molecule has 0 spiro atoms. The Morgan fingerprint density at radius 1 is 1.35 bits per heavy atom. The van der Waals surface area contributed by atoms with Crippen molar-refractivity contribution in [2.45, 2.75) is 13.3 Å². The third kappa shape index (κ3) is 1.35. The lowest BCUT2D eigenvalue weighted by molar-refractivity contribution is 0.415. The summed E-state index contributed by atoms with van der Waals surface area (Å²) in [5, 5.41) is 0. The van der Waals surface area contributed by atoms with Crippen LogP contribution in [0, 0.1) is 6.92 Å². The number of hydrogen-bond acceptors (Lipinski definition) is 3. The van der Waals surface area contributed by atoms with Crippen molar-refractivity contribution in [2.24, 2.45) is 0 Å². The predicted octanol–water partition coefficient (Wildman–Crippen LogP) is 2.67. The van der Waals surface area contributed by atoms with Crippen LogP contribution in [0.15, 0.2) is 29.6 Å². The molecule has 88 valence electrons. The van der Waals surface area contributed by atoms with Gasteiger partial charge in [-0.15, -0.1) is 0 Å². The summed E-state index contributed by atoms with van der Waals surface area (Å²) < 4.78 is 5.29. The normalized spacial score (nSPS) is 17.6. The van der Waals surface area contributed by atoms with Crippen LogP contribution >= 0.6 is 0 Å². The number of hydrogen-bond donors (Lipinski definition) is 0. The summed E-state index contributed by atoms with van der Waals surface area (Å²) in [4.78, 5) is 4.56. The molecule has 0 N–H and O–H groups in total. The minimum absolute atomic E-state index is 0.891. The van der Waals surface area contributed by atoms with Crippen LogP contribution < -0.4 is 14.5 Å². The maximum atomic E-state index is 6.10. The second-order valence-corrected chi connectivity index (χ2v) is 4.35. The molecule has 0 unspecified atom stereocenters. The number of nitrogens with zero attached hydrogens (tertiary/aromatic N) is 2. The maximum Gasteiger partial charge on any atom is 0.121 e. The van der Waals surface area contributed by atoms with Crippen LogP contribution in [0.1, 0.15) is 13.3 Å². The molecule has 0 amide bonds. The molecule has 17 heavy (non-hydrogen) atoms. The minimum Gasteiger partial charge on any atom is -0.497 e. The number of methoxy groups -OCH3 is 1. The summed E-state index contributed by atoms with van der Waals surface area (Å²) in [7, 11) is 1.70. The van der Waals surface area contributed by atoms with Gasteiger partial charge in [0.15, 0.2) is 0 Å². The first-order chi connectivity index (χ1) is 8.26. The molecule has 0 fully saturated rings. The Bertz CT molecular complexity index is 493. The van der Waals surface area contributed by atoms with Crippen molar-refractivity contribution in [3.63, 3.8) is 0 Å². The van der Waals surface area contributed by atoms with Crippen molar-refractivity contribution in [1.82, 2.24) is 0 Å². The van der Waals surface area contributed by atoms with E-state index in [1.54, 1.807) is 7.11 Å². The van der Waals surface area contributed by atoms with Gasteiger partial charge in [0.05, 0.1) is 18.5 Å². The molecular weight excluding hydrogens is 212 g/mol. The third-order valence-electron chi connectivity index (χ3n) is 3.48. The molecule has 2 aliphatic rings. The Kier molecular flexibility index (Phi) is 2.28. The first kappa shape index (κ1) is 10.5. The topological polar surface area (TPSA) is 15.7 Å². The largest absolute Gasteiger partial charge is 0.497 e. The van der Waals surface area contributed by atoms with E-state index in [2.05, 4.69) is 28.9 Å². The Morgan fingerprint density at radius 2 is 2.18 bits per heavy atom. The maximum absolute atomic E-state index is 6.10. The van der Waals surface area contributed by atoms with Crippen LogP contribution in [0.4, 0.5) is 11.4 Å². The van der Waals surface area contributed by atoms with Gasteiger partial charge in [-0.1, -0.05) is 0 Å². The molecule has 0 saturated carbocycles. The Hall–Kier alpha value is -1.64. The lowest BCUT2D eigenvalue weighted by Gasteiger charge is -2.20. The average Bonchev–Trinajstić information content (AvgIpc) is 2.87. The zero-order valence-corrected chi connectivity index (χ0v) is 10.2. The molecule has 2 heterocycles. The molecule has 0 aromatic heterocycles. The van der Waals surface area contributed by atoms with Crippen molar-refractivity contribution in [3.05, 3.63) is 36.5 Å². The zero-order valence-electron chi connectivity index (χ0n) is 10.2. The number of fused-ring (bicyclic) bond motifs is 3. The van der Waals surface area contributed by atoms with Gasteiger partial charge in [0.2, 0.25) is 0 Å². The first-order valence-electron chi connectivity index (χ1n) is 5.98. The van der Waals surface area contributed by atoms with E-state index in [-0.39, 0.29) is 0 Å². The van der Waals surface area contributed by atoms with Crippen LogP contribution in [0.3, 0.4) is 0 Å². The molecule has 0 bridgehead atoms. The Labute approximate surface area is 102 Å². The van der Waals surface area contributed by atoms with Crippen molar-refractivity contribution >= 4 is 11.4 Å². The van der Waals surface area contributed by atoms with E-state index in [9.17, 15) is 0 Å². The van der Waals surface area contributed by atoms with Gasteiger partial charge in [0.1, 0.15) is 11.6 Å². The van der Waals surface area contributed by atoms with E-state index >= 15 is 0 Å². The van der Waals surface area contributed by atoms with Crippen molar-refractivity contribution in [3.8, 4) is 5.75 Å². The highest BCUT2D eigenvalue weighted by Crippen LogP contribution is 2.47. The molecular formula is C14H16N2O. The first-order valence-corrected chi connectivity index (χ1v) is 5.98. The Balaban J connectivity index is 2.15. The zero-order chi connectivity index (χ0) is 12.0. The van der Waals surface area contributed by atoms with Gasteiger partial charge in [-0.05, 0) is 38.0 Å². The molecule has 0 aliphatic carbocycles. The summed E-state index contributed by atoms with van der Waals surface area (Å²) in [6.07, 6.45) is 0.956. The molecule has 0 saturated heterocycles. The Morgan fingerprint density at radius 3 is 2.88 bits per heavy atom. The van der Waals surface area contributed by atoms with Crippen LogP contribution in [0.25, 0.3) is 0 Å². The van der Waals surface area contributed by atoms with Crippen LogP contribution in [0.5, 0.6) is 5.75 Å². The SMILES string of the molecule is [CH]C1=C2N(CC)c3cc(OC)ccc3N2CC1. The highest BCUT2D eigenvalue weighted by molar-refractivity contribution is 5.85. The standard InChI is InChI=1S/C14H16N2O/c1-4-15-13-9-11(17-3)5-6-12(13)16-8-7-10(2)14(15)16/h2,5-6,9H,4,7-8H2,1,3H3. The molecule has 2 aliphatic heterocycles. The fraction of sp³-hybridized carbons (Fsp3) is 0.357. The molecule has 3 nitrogen and oxygen atoms in total. The minimum atomic E-state index is 0.891. The molecule has 1 aromatic rings. The summed E-state index contributed by atoms with van der Waals surface area (Å²) in [5.41, 5.74) is 3.43. The van der Waals surface area contributed by atoms with Crippen LogP contribution in [-0.4, -0.2) is 20.2 Å². The summed E-state index contributed by atoms with van der Waals surface area (Å²) >= 11 is 0. The molecule has 3 rings (SSSR count). The van der Waals surface area contributed by atoms with Crippen molar-refractivity contribution in [2.75, 3.05) is 30.0 Å². The third-order valence-corrected chi connectivity index (χ3v) is 3.48. The fourth-order valence-electron chi connectivity index (χ4n) is 2.69. The molecule has 3 heteroatoms. The van der Waals surface area contributed by atoms with Gasteiger partial charge in [-0.2, -0.15) is 0 Å². The quantitative estimate of drug-likeness (QED) is 0.774. The van der Waals surface area contributed by atoms with Crippen LogP contribution in [0.2, 0.25) is 0 Å². The number of benzene rings is 1. The molecule has 1 aromatic carbocycles. The average molecular weight is 228 g/mol. The summed E-state index contributed by atoms with van der Waals surface area (Å²) in [6, 6.07) is 6.20. The summed E-state index contributed by atoms with van der Waals surface area (Å²) in [5.74, 6) is 2.05. The van der Waals surface area contributed by atoms with E-state index in [0.29, 0.717) is 0 Å². The predicted molar refractivity (Wildman–Crippen MR) is 69.3 cm³/mol. The van der Waals surface area contributed by atoms with Gasteiger partial charge in [-0.25, -0.2) is 0 Å². The van der Waals surface area contributed by atoms with Gasteiger partial charge < -0.3 is 14.5 Å². The summed E-state index contributed by atoms with van der Waals surface area (Å²) in [6.45, 7) is 10.2. The van der Waals surface area contributed by atoms with Crippen molar-refractivity contribution in [1.29, 1.82) is 0 Å². The fourth-order valence-corrected chi connectivity index (χ4v) is 2.69. The lowest BCUT2D eigenvalue weighted by Crippen LogP contribution is -2.25.